The van der Waals surface area contributed by atoms with Crippen LogP contribution in [0.25, 0.3) is 5.69 Å². The van der Waals surface area contributed by atoms with Crippen molar-refractivity contribution < 1.29 is 12.8 Å². The van der Waals surface area contributed by atoms with Gasteiger partial charge in [0, 0.05) is 6.20 Å². The second-order valence-electron chi connectivity index (χ2n) is 5.56. The minimum Gasteiger partial charge on any atom is -0.241 e. The lowest BCUT2D eigenvalue weighted by atomic mass is 10.2. The van der Waals surface area contributed by atoms with Crippen LogP contribution in [0.3, 0.4) is 0 Å². The fourth-order valence-electron chi connectivity index (χ4n) is 2.42. The Hall–Kier alpha value is -2.47. The summed E-state index contributed by atoms with van der Waals surface area (Å²) in [5.74, 6) is -0.411. The maximum Gasteiger partial charge on any atom is 0.156 e. The molecule has 0 unspecified atom stereocenters. The summed E-state index contributed by atoms with van der Waals surface area (Å²) in [6.45, 7) is 0. The van der Waals surface area contributed by atoms with Crippen molar-refractivity contribution in [2.24, 2.45) is 0 Å². The molecule has 0 radical (unpaired) electrons. The monoisotopic (exact) mass is 344 g/mol. The molecule has 0 saturated carbocycles. The molecule has 1 aromatic heterocycles. The molecule has 0 atom stereocenters. The maximum absolute atomic E-state index is 13.3. The third kappa shape index (κ3) is 4.29. The third-order valence-electron chi connectivity index (χ3n) is 3.63. The van der Waals surface area contributed by atoms with Crippen molar-refractivity contribution in [1.82, 2.24) is 9.78 Å². The fraction of sp³-hybridized carbons (Fsp3) is 0.167. The van der Waals surface area contributed by atoms with Crippen LogP contribution in [0.1, 0.15) is 11.3 Å². The van der Waals surface area contributed by atoms with Gasteiger partial charge in [-0.15, -0.1) is 0 Å². The Labute approximate surface area is 140 Å². The molecule has 0 saturated heterocycles. The molecule has 3 rings (SSSR count). The molecule has 3 aromatic rings. The number of nitrogens with zero attached hydrogens (tertiary/aromatic N) is 2. The van der Waals surface area contributed by atoms with E-state index in [2.05, 4.69) is 5.10 Å². The van der Waals surface area contributed by atoms with Gasteiger partial charge >= 0.3 is 0 Å². The lowest BCUT2D eigenvalue weighted by Crippen LogP contribution is -2.12. The van der Waals surface area contributed by atoms with E-state index in [1.54, 1.807) is 24.4 Å². The first-order valence-electron chi connectivity index (χ1n) is 7.57. The lowest BCUT2D eigenvalue weighted by molar-refractivity contribution is 0.593. The van der Waals surface area contributed by atoms with Crippen LogP contribution in [-0.4, -0.2) is 24.0 Å². The molecule has 0 N–H and O–H groups in total. The molecule has 1 heterocycles. The normalized spacial score (nSPS) is 11.5. The van der Waals surface area contributed by atoms with E-state index in [9.17, 15) is 12.8 Å². The number of sulfone groups is 1. The Morgan fingerprint density at radius 2 is 1.79 bits per heavy atom. The molecule has 0 aliphatic heterocycles. The molecule has 0 spiro atoms. The largest absolute Gasteiger partial charge is 0.241 e. The van der Waals surface area contributed by atoms with Crippen molar-refractivity contribution >= 4 is 9.84 Å². The van der Waals surface area contributed by atoms with Gasteiger partial charge in [-0.1, -0.05) is 36.4 Å². The van der Waals surface area contributed by atoms with Gasteiger partial charge in [0.05, 0.1) is 22.9 Å². The van der Waals surface area contributed by atoms with Gasteiger partial charge in [0.25, 0.3) is 0 Å². The topological polar surface area (TPSA) is 52.0 Å². The van der Waals surface area contributed by atoms with Crippen LogP contribution < -0.4 is 0 Å². The second-order valence-corrected chi connectivity index (χ2v) is 7.74. The number of hydrogen-bond donors (Lipinski definition) is 0. The van der Waals surface area contributed by atoms with Crippen molar-refractivity contribution in [3.8, 4) is 5.69 Å². The SMILES string of the molecule is O=S(=O)(CCc1ccccc1)Cc1ccn(-c2cccc(F)c2)n1. The Balaban J connectivity index is 1.67. The highest BCUT2D eigenvalue weighted by atomic mass is 32.2. The molecule has 0 bridgehead atoms. The summed E-state index contributed by atoms with van der Waals surface area (Å²) in [6, 6.07) is 17.1. The van der Waals surface area contributed by atoms with Gasteiger partial charge in [0.2, 0.25) is 0 Å². The predicted octanol–water partition coefficient (Wildman–Crippen LogP) is 3.17. The summed E-state index contributed by atoms with van der Waals surface area (Å²) in [5, 5.41) is 4.23. The van der Waals surface area contributed by atoms with Gasteiger partial charge in [-0.05, 0) is 36.2 Å². The summed E-state index contributed by atoms with van der Waals surface area (Å²) in [6.07, 6.45) is 2.12. The van der Waals surface area contributed by atoms with Crippen molar-refractivity contribution in [2.45, 2.75) is 12.2 Å². The van der Waals surface area contributed by atoms with E-state index in [1.165, 1.54) is 16.8 Å². The van der Waals surface area contributed by atoms with E-state index in [1.807, 2.05) is 30.3 Å². The number of benzene rings is 2. The predicted molar refractivity (Wildman–Crippen MR) is 91.2 cm³/mol. The Morgan fingerprint density at radius 1 is 1.00 bits per heavy atom. The van der Waals surface area contributed by atoms with Gasteiger partial charge in [-0.3, -0.25) is 0 Å². The highest BCUT2D eigenvalue weighted by Crippen LogP contribution is 2.12. The molecule has 24 heavy (non-hydrogen) atoms. The summed E-state index contributed by atoms with van der Waals surface area (Å²) < 4.78 is 39.3. The number of hydrogen-bond acceptors (Lipinski definition) is 3. The molecule has 2 aromatic carbocycles. The average molecular weight is 344 g/mol. The molecule has 0 fully saturated rings. The van der Waals surface area contributed by atoms with E-state index in [-0.39, 0.29) is 17.3 Å². The minimum atomic E-state index is -3.26. The van der Waals surface area contributed by atoms with Gasteiger partial charge in [-0.25, -0.2) is 17.5 Å². The highest BCUT2D eigenvalue weighted by molar-refractivity contribution is 7.90. The van der Waals surface area contributed by atoms with Gasteiger partial charge in [0.1, 0.15) is 5.82 Å². The van der Waals surface area contributed by atoms with E-state index in [0.29, 0.717) is 17.8 Å². The molecule has 0 aliphatic rings. The minimum absolute atomic E-state index is 0.0733. The van der Waals surface area contributed by atoms with Crippen molar-refractivity contribution in [3.05, 3.63) is 83.9 Å². The second kappa shape index (κ2) is 6.97. The summed E-state index contributed by atoms with van der Waals surface area (Å²) in [4.78, 5) is 0. The summed E-state index contributed by atoms with van der Waals surface area (Å²) in [5.41, 5.74) is 2.00. The maximum atomic E-state index is 13.3. The van der Waals surface area contributed by atoms with Crippen LogP contribution in [0.4, 0.5) is 4.39 Å². The first-order chi connectivity index (χ1) is 11.5. The van der Waals surface area contributed by atoms with Crippen LogP contribution in [-0.2, 0) is 22.0 Å². The standard InChI is InChI=1S/C18H17FN2O2S/c19-16-7-4-8-18(13-16)21-11-9-17(20-21)14-24(22,23)12-10-15-5-2-1-3-6-15/h1-9,11,13H,10,12,14H2. The van der Waals surface area contributed by atoms with E-state index in [4.69, 9.17) is 0 Å². The average Bonchev–Trinajstić information content (AvgIpc) is 3.02. The highest BCUT2D eigenvalue weighted by Gasteiger charge is 2.14. The number of halogens is 1. The fourth-order valence-corrected chi connectivity index (χ4v) is 3.71. The van der Waals surface area contributed by atoms with Crippen molar-refractivity contribution in [3.63, 3.8) is 0 Å². The Morgan fingerprint density at radius 3 is 2.54 bits per heavy atom. The number of rotatable bonds is 6. The van der Waals surface area contributed by atoms with Crippen LogP contribution in [0.15, 0.2) is 66.9 Å². The van der Waals surface area contributed by atoms with Gasteiger partial charge < -0.3 is 0 Å². The lowest BCUT2D eigenvalue weighted by Gasteiger charge is -2.04. The Bertz CT molecular complexity index is 921. The van der Waals surface area contributed by atoms with Crippen molar-refractivity contribution in [1.29, 1.82) is 0 Å². The van der Waals surface area contributed by atoms with Gasteiger partial charge in [0.15, 0.2) is 9.84 Å². The number of aromatic nitrogens is 2. The molecule has 0 aliphatic carbocycles. The molecule has 6 heteroatoms. The zero-order chi connectivity index (χ0) is 17.0. The van der Waals surface area contributed by atoms with E-state index >= 15 is 0 Å². The van der Waals surface area contributed by atoms with Gasteiger partial charge in [-0.2, -0.15) is 5.10 Å². The zero-order valence-corrected chi connectivity index (χ0v) is 13.8. The first-order valence-corrected chi connectivity index (χ1v) is 9.39. The molecular formula is C18H17FN2O2S. The van der Waals surface area contributed by atoms with Crippen LogP contribution in [0.5, 0.6) is 0 Å². The zero-order valence-electron chi connectivity index (χ0n) is 13.0. The smallest absolute Gasteiger partial charge is 0.156 e. The third-order valence-corrected chi connectivity index (χ3v) is 5.19. The number of aryl methyl sites for hydroxylation is 1. The molecule has 4 nitrogen and oxygen atoms in total. The van der Waals surface area contributed by atoms with Crippen LogP contribution in [0.2, 0.25) is 0 Å². The first kappa shape index (κ1) is 16.4. The molecule has 124 valence electrons. The summed E-state index contributed by atoms with van der Waals surface area (Å²) in [7, 11) is -3.26. The Kier molecular flexibility index (Phi) is 4.76. The summed E-state index contributed by atoms with van der Waals surface area (Å²) >= 11 is 0. The quantitative estimate of drug-likeness (QED) is 0.690. The van der Waals surface area contributed by atoms with E-state index in [0.717, 1.165) is 5.56 Å². The molecule has 0 amide bonds. The van der Waals surface area contributed by atoms with E-state index < -0.39 is 9.84 Å². The van der Waals surface area contributed by atoms with Crippen LogP contribution in [0, 0.1) is 5.82 Å². The van der Waals surface area contributed by atoms with Crippen molar-refractivity contribution in [2.75, 3.05) is 5.75 Å². The molecular weight excluding hydrogens is 327 g/mol. The van der Waals surface area contributed by atoms with Crippen LogP contribution >= 0.6 is 0 Å².